The van der Waals surface area contributed by atoms with E-state index in [2.05, 4.69) is 17.1 Å². The average molecular weight is 398 g/mol. The van der Waals surface area contributed by atoms with Crippen LogP contribution in [0.25, 0.3) is 0 Å². The maximum absolute atomic E-state index is 12.3. The molecule has 0 radical (unpaired) electrons. The minimum Gasteiger partial charge on any atom is -0.495 e. The molecule has 1 heterocycles. The van der Waals surface area contributed by atoms with Gasteiger partial charge in [0, 0.05) is 6.54 Å². The summed E-state index contributed by atoms with van der Waals surface area (Å²) in [7, 11) is -2.14. The average Bonchev–Trinajstić information content (AvgIpc) is 2.64. The second-order valence-electron chi connectivity index (χ2n) is 7.17. The van der Waals surface area contributed by atoms with Crippen LogP contribution in [0.4, 0.5) is 5.69 Å². The van der Waals surface area contributed by atoms with Crippen LogP contribution in [0.2, 0.25) is 0 Å². The van der Waals surface area contributed by atoms with Crippen LogP contribution >= 0.6 is 0 Å². The van der Waals surface area contributed by atoms with Crippen LogP contribution in [0.1, 0.15) is 26.2 Å². The van der Waals surface area contributed by atoms with Crippen LogP contribution in [-0.4, -0.2) is 65.3 Å². The number of piperidine rings is 1. The Morgan fingerprint density at radius 3 is 2.59 bits per heavy atom. The van der Waals surface area contributed by atoms with Crippen molar-refractivity contribution < 1.29 is 17.9 Å². The number of carbonyl (C=O) groups excluding carboxylic acids is 1. The molecule has 27 heavy (non-hydrogen) atoms. The Bertz CT molecular complexity index is 715. The van der Waals surface area contributed by atoms with Gasteiger partial charge in [-0.1, -0.05) is 19.1 Å². The molecule has 1 N–H and O–H groups in total. The summed E-state index contributed by atoms with van der Waals surface area (Å²) in [6, 6.07) is 6.77. The minimum absolute atomic E-state index is 0.263. The third kappa shape index (κ3) is 6.70. The summed E-state index contributed by atoms with van der Waals surface area (Å²) in [5.41, 5.74) is 0.361. The Labute approximate surface area is 162 Å². The molecular formula is C19H31N3O4S. The van der Waals surface area contributed by atoms with E-state index in [0.717, 1.165) is 42.5 Å². The first-order valence-electron chi connectivity index (χ1n) is 9.41. The van der Waals surface area contributed by atoms with Gasteiger partial charge in [-0.05, 0) is 56.9 Å². The van der Waals surface area contributed by atoms with Crippen LogP contribution in [-0.2, 0) is 14.8 Å². The lowest BCUT2D eigenvalue weighted by molar-refractivity contribution is -0.119. The topological polar surface area (TPSA) is 79.0 Å². The number of sulfonamides is 1. The first-order chi connectivity index (χ1) is 12.8. The number of ether oxygens (including phenoxy) is 1. The molecule has 0 saturated carbocycles. The number of likely N-dealkylation sites (tertiary alicyclic amines) is 1. The first kappa shape index (κ1) is 21.5. The fourth-order valence-corrected chi connectivity index (χ4v) is 4.08. The lowest BCUT2D eigenvalue weighted by Gasteiger charge is -2.30. The van der Waals surface area contributed by atoms with E-state index in [-0.39, 0.29) is 12.5 Å². The highest BCUT2D eigenvalue weighted by Gasteiger charge is 2.23. The van der Waals surface area contributed by atoms with Gasteiger partial charge >= 0.3 is 0 Å². The highest BCUT2D eigenvalue weighted by Crippen LogP contribution is 2.29. The van der Waals surface area contributed by atoms with Crippen molar-refractivity contribution in [2.45, 2.75) is 26.2 Å². The largest absolute Gasteiger partial charge is 0.495 e. The van der Waals surface area contributed by atoms with Gasteiger partial charge in [0.05, 0.1) is 19.1 Å². The minimum atomic E-state index is -3.61. The first-order valence-corrected chi connectivity index (χ1v) is 11.3. The summed E-state index contributed by atoms with van der Waals surface area (Å²) in [4.78, 5) is 14.7. The Balaban J connectivity index is 1.86. The van der Waals surface area contributed by atoms with Gasteiger partial charge in [0.15, 0.2) is 0 Å². The number of anilines is 1. The molecule has 8 heteroatoms. The van der Waals surface area contributed by atoms with E-state index in [1.165, 1.54) is 20.0 Å². The molecule has 7 nitrogen and oxygen atoms in total. The fraction of sp³-hybridized carbons (Fsp3) is 0.632. The molecule has 1 fully saturated rings. The summed E-state index contributed by atoms with van der Waals surface area (Å²) < 4.78 is 30.7. The third-order valence-corrected chi connectivity index (χ3v) is 6.02. The summed E-state index contributed by atoms with van der Waals surface area (Å²) in [5.74, 6) is 0.895. The number of hydrogen-bond acceptors (Lipinski definition) is 5. The standard InChI is InChI=1S/C19H31N3O4S/c1-16-9-13-21(14-10-16)12-6-11-20-19(23)15-22(27(3,24)25)17-7-4-5-8-18(17)26-2/h4-5,7-8,16H,6,9-15H2,1-3H3,(H,20,23). The van der Waals surface area contributed by atoms with Gasteiger partial charge in [-0.15, -0.1) is 0 Å². The van der Waals surface area contributed by atoms with Crippen LogP contribution in [0.3, 0.4) is 0 Å². The van der Waals surface area contributed by atoms with E-state index < -0.39 is 10.0 Å². The lowest BCUT2D eigenvalue weighted by atomic mass is 9.99. The molecule has 0 atom stereocenters. The molecule has 0 unspecified atom stereocenters. The van der Waals surface area contributed by atoms with E-state index in [9.17, 15) is 13.2 Å². The van der Waals surface area contributed by atoms with Crippen LogP contribution in [0.5, 0.6) is 5.75 Å². The SMILES string of the molecule is COc1ccccc1N(CC(=O)NCCCN1CCC(C)CC1)S(C)(=O)=O. The van der Waals surface area contributed by atoms with Crippen molar-refractivity contribution in [1.29, 1.82) is 0 Å². The number of methoxy groups -OCH3 is 1. The predicted molar refractivity (Wildman–Crippen MR) is 108 cm³/mol. The predicted octanol–water partition coefficient (Wildman–Crippen LogP) is 1.70. The molecule has 1 aliphatic heterocycles. The van der Waals surface area contributed by atoms with Crippen LogP contribution < -0.4 is 14.4 Å². The van der Waals surface area contributed by atoms with Gasteiger partial charge < -0.3 is 15.0 Å². The van der Waals surface area contributed by atoms with Gasteiger partial charge in [0.2, 0.25) is 15.9 Å². The monoisotopic (exact) mass is 397 g/mol. The van der Waals surface area contributed by atoms with Gasteiger partial charge in [-0.25, -0.2) is 8.42 Å². The smallest absolute Gasteiger partial charge is 0.240 e. The quantitative estimate of drug-likeness (QED) is 0.642. The van der Waals surface area contributed by atoms with Crippen molar-refractivity contribution in [3.63, 3.8) is 0 Å². The van der Waals surface area contributed by atoms with E-state index in [4.69, 9.17) is 4.74 Å². The molecule has 1 saturated heterocycles. The second-order valence-corrected chi connectivity index (χ2v) is 9.08. The van der Waals surface area contributed by atoms with Crippen molar-refractivity contribution in [2.24, 2.45) is 5.92 Å². The third-order valence-electron chi connectivity index (χ3n) is 4.89. The number of nitrogens with zero attached hydrogens (tertiary/aromatic N) is 2. The number of amides is 1. The molecule has 1 aromatic rings. The molecule has 152 valence electrons. The maximum atomic E-state index is 12.3. The zero-order valence-corrected chi connectivity index (χ0v) is 17.3. The molecule has 1 aromatic carbocycles. The fourth-order valence-electron chi connectivity index (χ4n) is 3.22. The van der Waals surface area contributed by atoms with E-state index >= 15 is 0 Å². The molecule has 1 aliphatic rings. The lowest BCUT2D eigenvalue weighted by Crippen LogP contribution is -2.41. The molecule has 1 amide bonds. The van der Waals surface area contributed by atoms with Crippen molar-refractivity contribution >= 4 is 21.6 Å². The van der Waals surface area contributed by atoms with Crippen molar-refractivity contribution in [3.05, 3.63) is 24.3 Å². The molecule has 2 rings (SSSR count). The summed E-state index contributed by atoms with van der Waals surface area (Å²) >= 11 is 0. The van der Waals surface area contributed by atoms with E-state index in [1.807, 2.05) is 0 Å². The van der Waals surface area contributed by atoms with Crippen LogP contribution in [0.15, 0.2) is 24.3 Å². The number of para-hydroxylation sites is 2. The summed E-state index contributed by atoms with van der Waals surface area (Å²) in [5, 5.41) is 2.83. The van der Waals surface area contributed by atoms with E-state index in [0.29, 0.717) is 18.0 Å². The molecule has 0 aromatic heterocycles. The highest BCUT2D eigenvalue weighted by molar-refractivity contribution is 7.92. The van der Waals surface area contributed by atoms with Crippen molar-refractivity contribution in [3.8, 4) is 5.75 Å². The van der Waals surface area contributed by atoms with Gasteiger partial charge in [-0.2, -0.15) is 0 Å². The zero-order chi connectivity index (χ0) is 19.9. The molecular weight excluding hydrogens is 366 g/mol. The zero-order valence-electron chi connectivity index (χ0n) is 16.5. The summed E-state index contributed by atoms with van der Waals surface area (Å²) in [6.45, 7) is 5.74. The Morgan fingerprint density at radius 2 is 1.96 bits per heavy atom. The van der Waals surface area contributed by atoms with Gasteiger partial charge in [-0.3, -0.25) is 9.10 Å². The Kier molecular flexibility index (Phi) is 7.91. The molecule has 0 spiro atoms. The number of rotatable bonds is 9. The van der Waals surface area contributed by atoms with Gasteiger partial charge in [0.1, 0.15) is 12.3 Å². The van der Waals surface area contributed by atoms with Crippen LogP contribution in [0, 0.1) is 5.92 Å². The van der Waals surface area contributed by atoms with Crippen molar-refractivity contribution in [1.82, 2.24) is 10.2 Å². The normalized spacial score (nSPS) is 16.1. The molecule has 0 aliphatic carbocycles. The Hall–Kier alpha value is -1.80. The molecule has 0 bridgehead atoms. The number of carbonyl (C=O) groups is 1. The maximum Gasteiger partial charge on any atom is 0.240 e. The van der Waals surface area contributed by atoms with Crippen molar-refractivity contribution in [2.75, 3.05) is 50.4 Å². The van der Waals surface area contributed by atoms with Gasteiger partial charge in [0.25, 0.3) is 0 Å². The Morgan fingerprint density at radius 1 is 1.30 bits per heavy atom. The summed E-state index contributed by atoms with van der Waals surface area (Å²) in [6.07, 6.45) is 4.40. The number of benzene rings is 1. The van der Waals surface area contributed by atoms with E-state index in [1.54, 1.807) is 24.3 Å². The number of nitrogens with one attached hydrogen (secondary N) is 1. The second kappa shape index (κ2) is 9.94. The number of hydrogen-bond donors (Lipinski definition) is 1. The highest BCUT2D eigenvalue weighted by atomic mass is 32.2.